The van der Waals surface area contributed by atoms with Crippen LogP contribution in [0.15, 0.2) is 18.2 Å². The van der Waals surface area contributed by atoms with Crippen LogP contribution < -0.4 is 4.74 Å². The number of benzene rings is 1. The number of amides is 3. The van der Waals surface area contributed by atoms with Gasteiger partial charge in [-0.2, -0.15) is 5.01 Å². The van der Waals surface area contributed by atoms with Gasteiger partial charge in [-0.05, 0) is 62.0 Å². The average molecular weight is 414 g/mol. The van der Waals surface area contributed by atoms with Gasteiger partial charge in [0.1, 0.15) is 11.9 Å². The number of carbonyl (C=O) groups excluding carboxylic acids is 3. The Hall–Kier alpha value is -2.41. The molecule has 0 aromatic heterocycles. The van der Waals surface area contributed by atoms with Gasteiger partial charge >= 0.3 is 0 Å². The van der Waals surface area contributed by atoms with Crippen LogP contribution in [0.5, 0.6) is 5.75 Å². The summed E-state index contributed by atoms with van der Waals surface area (Å²) < 4.78 is 6.41. The summed E-state index contributed by atoms with van der Waals surface area (Å²) in [6, 6.07) is 5.88. The van der Waals surface area contributed by atoms with Crippen molar-refractivity contribution in [3.8, 4) is 5.75 Å². The van der Waals surface area contributed by atoms with Crippen LogP contribution in [0, 0.1) is 5.92 Å². The monoisotopic (exact) mass is 413 g/mol. The van der Waals surface area contributed by atoms with Crippen LogP contribution in [-0.4, -0.2) is 57.9 Å². The van der Waals surface area contributed by atoms with Gasteiger partial charge in [0, 0.05) is 24.4 Å². The standard InChI is InChI=1S/C23H31N3O4/c1-4-24(5-2)22-15(3)9-12-19(22)30-17-10-11-18-16(13-17)14-25(23(18)29)26-20(27)7-6-8-21(26)28/h10-11,13,15,19,22H,4-9,12,14H2,1-3H3/t15-,19-,22-/m0/s1. The van der Waals surface area contributed by atoms with Crippen LogP contribution >= 0.6 is 0 Å². The number of hydrogen-bond acceptors (Lipinski definition) is 5. The van der Waals surface area contributed by atoms with Crippen LogP contribution in [0.4, 0.5) is 0 Å². The number of piperidine rings is 1. The first-order valence-electron chi connectivity index (χ1n) is 11.2. The van der Waals surface area contributed by atoms with E-state index in [1.807, 2.05) is 12.1 Å². The van der Waals surface area contributed by atoms with E-state index in [1.165, 1.54) is 5.01 Å². The fraction of sp³-hybridized carbons (Fsp3) is 0.609. The summed E-state index contributed by atoms with van der Waals surface area (Å²) in [6.45, 7) is 8.88. The zero-order valence-corrected chi connectivity index (χ0v) is 18.1. The van der Waals surface area contributed by atoms with Crippen molar-refractivity contribution < 1.29 is 19.1 Å². The molecule has 2 heterocycles. The highest BCUT2D eigenvalue weighted by molar-refractivity contribution is 6.04. The van der Waals surface area contributed by atoms with Gasteiger partial charge in [0.25, 0.3) is 5.91 Å². The molecule has 3 amide bonds. The summed E-state index contributed by atoms with van der Waals surface area (Å²) in [6.07, 6.45) is 3.43. The van der Waals surface area contributed by atoms with Gasteiger partial charge in [-0.1, -0.05) is 20.8 Å². The first kappa shape index (κ1) is 20.8. The molecular weight excluding hydrogens is 382 g/mol. The molecule has 4 rings (SSSR count). The third-order valence-corrected chi connectivity index (χ3v) is 6.75. The van der Waals surface area contributed by atoms with Crippen molar-refractivity contribution in [2.45, 2.75) is 71.6 Å². The molecule has 2 aliphatic heterocycles. The predicted octanol–water partition coefficient (Wildman–Crippen LogP) is 2.98. The molecule has 2 fully saturated rings. The molecule has 0 radical (unpaired) electrons. The van der Waals surface area contributed by atoms with Gasteiger partial charge in [0.2, 0.25) is 11.8 Å². The summed E-state index contributed by atoms with van der Waals surface area (Å²) in [4.78, 5) is 39.8. The van der Waals surface area contributed by atoms with Crippen LogP contribution in [0.25, 0.3) is 0 Å². The van der Waals surface area contributed by atoms with Crippen molar-refractivity contribution in [2.24, 2.45) is 5.92 Å². The minimum absolute atomic E-state index is 0.122. The minimum atomic E-state index is -0.300. The maximum atomic E-state index is 12.8. The van der Waals surface area contributed by atoms with Crippen molar-refractivity contribution in [3.63, 3.8) is 0 Å². The molecule has 162 valence electrons. The Kier molecular flexibility index (Phi) is 5.82. The zero-order valence-electron chi connectivity index (χ0n) is 18.1. The topological polar surface area (TPSA) is 70.2 Å². The molecule has 7 heteroatoms. The quantitative estimate of drug-likeness (QED) is 0.671. The minimum Gasteiger partial charge on any atom is -0.489 e. The van der Waals surface area contributed by atoms with Gasteiger partial charge in [-0.3, -0.25) is 19.3 Å². The molecule has 1 aromatic carbocycles. The molecule has 0 bridgehead atoms. The van der Waals surface area contributed by atoms with E-state index < -0.39 is 0 Å². The third kappa shape index (κ3) is 3.60. The number of carbonyl (C=O) groups is 3. The van der Waals surface area contributed by atoms with Crippen molar-refractivity contribution in [3.05, 3.63) is 29.3 Å². The molecule has 1 saturated carbocycles. The number of imide groups is 1. The number of likely N-dealkylation sites (N-methyl/N-ethyl adjacent to an activating group) is 1. The molecule has 0 N–H and O–H groups in total. The van der Waals surface area contributed by atoms with Crippen molar-refractivity contribution in [1.82, 2.24) is 14.9 Å². The second kappa shape index (κ2) is 8.38. The summed E-state index contributed by atoms with van der Waals surface area (Å²) in [7, 11) is 0. The van der Waals surface area contributed by atoms with E-state index in [4.69, 9.17) is 4.74 Å². The van der Waals surface area contributed by atoms with E-state index in [1.54, 1.807) is 6.07 Å². The van der Waals surface area contributed by atoms with Gasteiger partial charge in [0.15, 0.2) is 0 Å². The molecule has 1 aromatic rings. The first-order valence-corrected chi connectivity index (χ1v) is 11.2. The van der Waals surface area contributed by atoms with Gasteiger partial charge in [-0.15, -0.1) is 0 Å². The summed E-state index contributed by atoms with van der Waals surface area (Å²) >= 11 is 0. The number of rotatable bonds is 6. The Morgan fingerprint density at radius 3 is 2.43 bits per heavy atom. The summed E-state index contributed by atoms with van der Waals surface area (Å²) in [5.41, 5.74) is 1.34. The lowest BCUT2D eigenvalue weighted by atomic mass is 10.0. The lowest BCUT2D eigenvalue weighted by Gasteiger charge is -2.34. The Labute approximate surface area is 177 Å². The normalized spacial score (nSPS) is 26.7. The molecule has 7 nitrogen and oxygen atoms in total. The highest BCUT2D eigenvalue weighted by Gasteiger charge is 2.40. The van der Waals surface area contributed by atoms with Crippen molar-refractivity contribution in [2.75, 3.05) is 13.1 Å². The van der Waals surface area contributed by atoms with E-state index in [0.717, 1.165) is 42.3 Å². The number of hydrogen-bond donors (Lipinski definition) is 0. The Bertz CT molecular complexity index is 835. The van der Waals surface area contributed by atoms with Crippen LogP contribution in [0.2, 0.25) is 0 Å². The van der Waals surface area contributed by atoms with Gasteiger partial charge in [0.05, 0.1) is 6.54 Å². The molecule has 1 aliphatic carbocycles. The maximum Gasteiger partial charge on any atom is 0.273 e. The highest BCUT2D eigenvalue weighted by atomic mass is 16.5. The second-order valence-electron chi connectivity index (χ2n) is 8.56. The molecule has 0 unspecified atom stereocenters. The van der Waals surface area contributed by atoms with E-state index in [0.29, 0.717) is 36.8 Å². The fourth-order valence-electron chi connectivity index (χ4n) is 5.21. The van der Waals surface area contributed by atoms with Crippen molar-refractivity contribution >= 4 is 17.7 Å². The molecule has 3 aliphatic rings. The van der Waals surface area contributed by atoms with E-state index in [9.17, 15) is 14.4 Å². The summed E-state index contributed by atoms with van der Waals surface area (Å²) in [5.74, 6) is 0.431. The molecule has 30 heavy (non-hydrogen) atoms. The van der Waals surface area contributed by atoms with E-state index in [-0.39, 0.29) is 30.4 Å². The Balaban J connectivity index is 1.52. The molecule has 3 atom stereocenters. The largest absolute Gasteiger partial charge is 0.489 e. The smallest absolute Gasteiger partial charge is 0.273 e. The molecular formula is C23H31N3O4. The van der Waals surface area contributed by atoms with Gasteiger partial charge in [-0.25, -0.2) is 5.01 Å². The molecule has 0 spiro atoms. The first-order chi connectivity index (χ1) is 14.4. The Morgan fingerprint density at radius 2 is 1.77 bits per heavy atom. The van der Waals surface area contributed by atoms with E-state index >= 15 is 0 Å². The fourth-order valence-corrected chi connectivity index (χ4v) is 5.21. The predicted molar refractivity (Wildman–Crippen MR) is 112 cm³/mol. The number of nitrogens with zero attached hydrogens (tertiary/aromatic N) is 3. The Morgan fingerprint density at radius 1 is 1.07 bits per heavy atom. The lowest BCUT2D eigenvalue weighted by Crippen LogP contribution is -2.51. The highest BCUT2D eigenvalue weighted by Crippen LogP contribution is 2.35. The average Bonchev–Trinajstić information content (AvgIpc) is 3.23. The van der Waals surface area contributed by atoms with Crippen LogP contribution in [-0.2, 0) is 16.1 Å². The zero-order chi connectivity index (χ0) is 21.4. The lowest BCUT2D eigenvalue weighted by molar-refractivity contribution is -0.163. The second-order valence-corrected chi connectivity index (χ2v) is 8.56. The van der Waals surface area contributed by atoms with Crippen molar-refractivity contribution in [1.29, 1.82) is 0 Å². The number of hydrazine groups is 1. The summed E-state index contributed by atoms with van der Waals surface area (Å²) in [5, 5.41) is 2.33. The number of fused-ring (bicyclic) bond motifs is 1. The third-order valence-electron chi connectivity index (χ3n) is 6.75. The van der Waals surface area contributed by atoms with Crippen LogP contribution in [0.3, 0.4) is 0 Å². The van der Waals surface area contributed by atoms with Gasteiger partial charge < -0.3 is 4.74 Å². The van der Waals surface area contributed by atoms with Crippen LogP contribution in [0.1, 0.15) is 68.8 Å². The molecule has 1 saturated heterocycles. The van der Waals surface area contributed by atoms with E-state index in [2.05, 4.69) is 25.7 Å². The maximum absolute atomic E-state index is 12.8. The number of ether oxygens (including phenoxy) is 1. The SMILES string of the molecule is CCN(CC)[C@@H]1[C@@H](Oc2ccc3c(c2)CN(N2C(=O)CCCC2=O)C3=O)CC[C@@H]1C.